The van der Waals surface area contributed by atoms with Crippen LogP contribution in [0.15, 0.2) is 6.07 Å². The Bertz CT molecular complexity index is 439. The van der Waals surface area contributed by atoms with Crippen molar-refractivity contribution in [2.24, 2.45) is 0 Å². The Hall–Kier alpha value is -1.56. The Balaban J connectivity index is 2.17. The maximum Gasteiger partial charge on any atom is 0.223 e. The summed E-state index contributed by atoms with van der Waals surface area (Å²) < 4.78 is 0. The van der Waals surface area contributed by atoms with Gasteiger partial charge >= 0.3 is 0 Å². The highest BCUT2D eigenvalue weighted by atomic mass is 15.3. The minimum Gasteiger partial charge on any atom is -0.368 e. The standard InChI is InChI=1S/C13H24N6/c1-13(2,3)18-10-7-11(17-12(14)16-10)19-6-5-9(8-19)15-4/h7,9,15H,5-6,8H2,1-4H3,(H3,14,16,17,18). The normalized spacial score (nSPS) is 19.8. The number of nitrogens with two attached hydrogens (primary N) is 1. The monoisotopic (exact) mass is 264 g/mol. The number of nitrogens with zero attached hydrogens (tertiary/aromatic N) is 3. The van der Waals surface area contributed by atoms with E-state index in [-0.39, 0.29) is 5.54 Å². The first-order chi connectivity index (χ1) is 8.87. The van der Waals surface area contributed by atoms with Gasteiger partial charge in [-0.2, -0.15) is 9.97 Å². The van der Waals surface area contributed by atoms with E-state index in [0.29, 0.717) is 12.0 Å². The number of aromatic nitrogens is 2. The second-order valence-corrected chi connectivity index (χ2v) is 6.06. The van der Waals surface area contributed by atoms with Crippen molar-refractivity contribution in [2.75, 3.05) is 36.1 Å². The summed E-state index contributed by atoms with van der Waals surface area (Å²) in [5.41, 5.74) is 5.76. The van der Waals surface area contributed by atoms with Crippen molar-refractivity contribution in [3.05, 3.63) is 6.07 Å². The van der Waals surface area contributed by atoms with E-state index in [2.05, 4.69) is 46.3 Å². The molecule has 2 heterocycles. The lowest BCUT2D eigenvalue weighted by atomic mass is 10.1. The van der Waals surface area contributed by atoms with Crippen molar-refractivity contribution >= 4 is 17.6 Å². The number of anilines is 3. The number of nitrogens with one attached hydrogen (secondary N) is 2. The molecule has 106 valence electrons. The van der Waals surface area contributed by atoms with Gasteiger partial charge in [0.15, 0.2) is 0 Å². The van der Waals surface area contributed by atoms with Crippen molar-refractivity contribution in [3.8, 4) is 0 Å². The number of hydrogen-bond acceptors (Lipinski definition) is 6. The van der Waals surface area contributed by atoms with Crippen LogP contribution < -0.4 is 21.3 Å². The van der Waals surface area contributed by atoms with Crippen molar-refractivity contribution in [1.82, 2.24) is 15.3 Å². The van der Waals surface area contributed by atoms with E-state index in [9.17, 15) is 0 Å². The third-order valence-corrected chi connectivity index (χ3v) is 3.15. The van der Waals surface area contributed by atoms with Crippen LogP contribution in [0.4, 0.5) is 17.6 Å². The first-order valence-corrected chi connectivity index (χ1v) is 6.72. The lowest BCUT2D eigenvalue weighted by Crippen LogP contribution is -2.30. The molecule has 1 aliphatic heterocycles. The summed E-state index contributed by atoms with van der Waals surface area (Å²) in [5.74, 6) is 2.00. The van der Waals surface area contributed by atoms with Gasteiger partial charge in [-0.05, 0) is 34.2 Å². The Morgan fingerprint density at radius 1 is 1.37 bits per heavy atom. The van der Waals surface area contributed by atoms with Gasteiger partial charge in [0.05, 0.1) is 0 Å². The van der Waals surface area contributed by atoms with E-state index < -0.39 is 0 Å². The molecule has 1 atom stereocenters. The van der Waals surface area contributed by atoms with E-state index >= 15 is 0 Å². The highest BCUT2D eigenvalue weighted by Gasteiger charge is 2.23. The van der Waals surface area contributed by atoms with Crippen molar-refractivity contribution in [3.63, 3.8) is 0 Å². The second kappa shape index (κ2) is 5.21. The number of hydrogen-bond donors (Lipinski definition) is 3. The quantitative estimate of drug-likeness (QED) is 0.758. The lowest BCUT2D eigenvalue weighted by Gasteiger charge is -2.23. The molecule has 6 heteroatoms. The molecular weight excluding hydrogens is 240 g/mol. The maximum atomic E-state index is 5.81. The van der Waals surface area contributed by atoms with E-state index in [1.807, 2.05) is 13.1 Å². The number of likely N-dealkylation sites (N-methyl/N-ethyl adjacent to an activating group) is 1. The van der Waals surface area contributed by atoms with Crippen molar-refractivity contribution < 1.29 is 0 Å². The molecule has 1 aliphatic rings. The van der Waals surface area contributed by atoms with E-state index in [1.165, 1.54) is 0 Å². The summed E-state index contributed by atoms with van der Waals surface area (Å²) in [4.78, 5) is 10.8. The third kappa shape index (κ3) is 3.70. The van der Waals surface area contributed by atoms with Crippen LogP contribution in [-0.4, -0.2) is 41.7 Å². The summed E-state index contributed by atoms with van der Waals surface area (Å²) in [7, 11) is 2.00. The Labute approximate surface area is 114 Å². The molecule has 1 aromatic heterocycles. The highest BCUT2D eigenvalue weighted by molar-refractivity contribution is 5.54. The molecule has 0 radical (unpaired) electrons. The number of nitrogen functional groups attached to an aromatic ring is 1. The van der Waals surface area contributed by atoms with Gasteiger partial charge in [-0.3, -0.25) is 0 Å². The molecule has 0 aliphatic carbocycles. The summed E-state index contributed by atoms with van der Waals surface area (Å²) >= 11 is 0. The predicted octanol–water partition coefficient (Wildman–Crippen LogP) is 1.07. The maximum absolute atomic E-state index is 5.81. The Morgan fingerprint density at radius 2 is 2.11 bits per heavy atom. The van der Waals surface area contributed by atoms with Gasteiger partial charge in [-0.1, -0.05) is 0 Å². The Kier molecular flexibility index (Phi) is 3.80. The van der Waals surface area contributed by atoms with Crippen molar-refractivity contribution in [2.45, 2.75) is 38.8 Å². The predicted molar refractivity (Wildman–Crippen MR) is 79.5 cm³/mol. The Morgan fingerprint density at radius 3 is 2.68 bits per heavy atom. The zero-order chi connectivity index (χ0) is 14.0. The van der Waals surface area contributed by atoms with Crippen LogP contribution in [0.3, 0.4) is 0 Å². The summed E-state index contributed by atoms with van der Waals surface area (Å²) in [6.07, 6.45) is 1.13. The first-order valence-electron chi connectivity index (χ1n) is 6.72. The van der Waals surface area contributed by atoms with E-state index in [4.69, 9.17) is 5.73 Å². The fraction of sp³-hybridized carbons (Fsp3) is 0.692. The molecular formula is C13H24N6. The molecule has 19 heavy (non-hydrogen) atoms. The molecule has 0 spiro atoms. The zero-order valence-electron chi connectivity index (χ0n) is 12.2. The SMILES string of the molecule is CNC1CCN(c2cc(NC(C)(C)C)nc(N)n2)C1. The molecule has 0 amide bonds. The topological polar surface area (TPSA) is 79.1 Å². The fourth-order valence-corrected chi connectivity index (χ4v) is 2.27. The van der Waals surface area contributed by atoms with Gasteiger partial charge in [-0.25, -0.2) is 0 Å². The highest BCUT2D eigenvalue weighted by Crippen LogP contribution is 2.23. The molecule has 6 nitrogen and oxygen atoms in total. The van der Waals surface area contributed by atoms with Crippen LogP contribution in [0.2, 0.25) is 0 Å². The van der Waals surface area contributed by atoms with Gasteiger partial charge in [0, 0.05) is 30.7 Å². The van der Waals surface area contributed by atoms with Gasteiger partial charge in [0.1, 0.15) is 11.6 Å². The van der Waals surface area contributed by atoms with Crippen molar-refractivity contribution in [1.29, 1.82) is 0 Å². The molecule has 1 saturated heterocycles. The van der Waals surface area contributed by atoms with Crippen LogP contribution in [-0.2, 0) is 0 Å². The van der Waals surface area contributed by atoms with Crippen LogP contribution in [0.25, 0.3) is 0 Å². The zero-order valence-corrected chi connectivity index (χ0v) is 12.2. The van der Waals surface area contributed by atoms with Crippen LogP contribution in [0, 0.1) is 0 Å². The summed E-state index contributed by atoms with van der Waals surface area (Å²) in [6.45, 7) is 8.24. The summed E-state index contributed by atoms with van der Waals surface area (Å²) in [5, 5.41) is 6.64. The number of rotatable bonds is 3. The van der Waals surface area contributed by atoms with Crippen LogP contribution in [0.5, 0.6) is 0 Å². The van der Waals surface area contributed by atoms with E-state index in [1.54, 1.807) is 0 Å². The lowest BCUT2D eigenvalue weighted by molar-refractivity contribution is 0.616. The largest absolute Gasteiger partial charge is 0.368 e. The molecule has 1 unspecified atom stereocenters. The van der Waals surface area contributed by atoms with Gasteiger partial charge in [-0.15, -0.1) is 0 Å². The van der Waals surface area contributed by atoms with Crippen LogP contribution >= 0.6 is 0 Å². The average molecular weight is 264 g/mol. The van der Waals surface area contributed by atoms with Crippen LogP contribution in [0.1, 0.15) is 27.2 Å². The third-order valence-electron chi connectivity index (χ3n) is 3.15. The smallest absolute Gasteiger partial charge is 0.223 e. The average Bonchev–Trinajstić information content (AvgIpc) is 2.74. The minimum atomic E-state index is -0.0451. The molecule has 1 aromatic rings. The molecule has 1 fully saturated rings. The molecule has 0 saturated carbocycles. The second-order valence-electron chi connectivity index (χ2n) is 6.06. The first kappa shape index (κ1) is 13.9. The molecule has 2 rings (SSSR count). The molecule has 0 bridgehead atoms. The van der Waals surface area contributed by atoms with Gasteiger partial charge < -0.3 is 21.3 Å². The van der Waals surface area contributed by atoms with E-state index in [0.717, 1.165) is 31.1 Å². The minimum absolute atomic E-state index is 0.0451. The molecule has 4 N–H and O–H groups in total. The molecule has 0 aromatic carbocycles. The van der Waals surface area contributed by atoms with Gasteiger partial charge in [0.2, 0.25) is 5.95 Å². The summed E-state index contributed by atoms with van der Waals surface area (Å²) in [6, 6.07) is 2.50. The van der Waals surface area contributed by atoms with Gasteiger partial charge in [0.25, 0.3) is 0 Å². The fourth-order valence-electron chi connectivity index (χ4n) is 2.27.